The van der Waals surface area contributed by atoms with Crippen LogP contribution in [0.1, 0.15) is 12.0 Å². The van der Waals surface area contributed by atoms with Gasteiger partial charge in [-0.1, -0.05) is 23.4 Å². The molecule has 10 heteroatoms. The summed E-state index contributed by atoms with van der Waals surface area (Å²) in [6, 6.07) is 10.6. The largest absolute Gasteiger partial charge is 0.352 e. The topological polar surface area (TPSA) is 120 Å². The molecule has 0 saturated carbocycles. The van der Waals surface area contributed by atoms with Crippen molar-refractivity contribution in [1.29, 1.82) is 0 Å². The second-order valence-corrected chi connectivity index (χ2v) is 6.03. The molecule has 1 N–H and O–H groups in total. The Morgan fingerprint density at radius 1 is 1.14 bits per heavy atom. The molecule has 10 nitrogen and oxygen atoms in total. The normalized spacial score (nSPS) is 10.9. The third-order valence-electron chi connectivity index (χ3n) is 4.13. The zero-order valence-electron chi connectivity index (χ0n) is 14.8. The summed E-state index contributed by atoms with van der Waals surface area (Å²) in [5.41, 5.74) is 1.13. The molecule has 4 rings (SSSR count). The molecular weight excluding hydrogens is 360 g/mol. The molecule has 1 aromatic carbocycles. The predicted molar refractivity (Wildman–Crippen MR) is 99.4 cm³/mol. The van der Waals surface area contributed by atoms with E-state index in [4.69, 9.17) is 0 Å². The van der Waals surface area contributed by atoms with Crippen LogP contribution in [0.2, 0.25) is 0 Å². The van der Waals surface area contributed by atoms with Crippen molar-refractivity contribution in [2.75, 3.05) is 0 Å². The number of carbonyl (C=O) groups excluding carboxylic acids is 1. The van der Waals surface area contributed by atoms with Gasteiger partial charge >= 0.3 is 0 Å². The minimum absolute atomic E-state index is 0.122. The molecule has 3 aromatic heterocycles. The van der Waals surface area contributed by atoms with Crippen molar-refractivity contribution in [1.82, 2.24) is 40.1 Å². The van der Waals surface area contributed by atoms with E-state index in [1.54, 1.807) is 47.5 Å². The number of hydrogen-bond acceptors (Lipinski definition) is 7. The molecule has 3 heterocycles. The Kier molecular flexibility index (Phi) is 4.83. The standard InChI is InChI=1S/C18H16N8O2/c27-17(7-8-25-18(28)14-3-1-2-4-15(14)23-24-25)21-10-13-5-6-16(20-9-13)26-12-19-11-22-26/h1-6,9,11-12H,7-8,10H2,(H,21,27). The summed E-state index contributed by atoms with van der Waals surface area (Å²) in [4.78, 5) is 32.6. The van der Waals surface area contributed by atoms with Gasteiger partial charge in [-0.2, -0.15) is 5.10 Å². The SMILES string of the molecule is O=C(CCn1nnc2ccccc2c1=O)NCc1ccc(-n2cncn2)nc1. The number of amides is 1. The second kappa shape index (κ2) is 7.74. The van der Waals surface area contributed by atoms with E-state index in [9.17, 15) is 9.59 Å². The average Bonchev–Trinajstić information content (AvgIpc) is 3.27. The van der Waals surface area contributed by atoms with Crippen LogP contribution >= 0.6 is 0 Å². The molecule has 0 saturated heterocycles. The number of fused-ring (bicyclic) bond motifs is 1. The second-order valence-electron chi connectivity index (χ2n) is 6.03. The van der Waals surface area contributed by atoms with Crippen LogP contribution in [0.5, 0.6) is 0 Å². The first-order valence-corrected chi connectivity index (χ1v) is 8.60. The molecule has 0 aliphatic rings. The average molecular weight is 376 g/mol. The molecule has 0 bridgehead atoms. The Hall–Kier alpha value is -3.95. The van der Waals surface area contributed by atoms with E-state index in [2.05, 4.69) is 30.7 Å². The number of nitrogens with one attached hydrogen (secondary N) is 1. The number of aromatic nitrogens is 7. The molecule has 0 radical (unpaired) electrons. The van der Waals surface area contributed by atoms with Gasteiger partial charge < -0.3 is 5.32 Å². The van der Waals surface area contributed by atoms with Crippen molar-refractivity contribution in [3.05, 3.63) is 71.2 Å². The van der Waals surface area contributed by atoms with Gasteiger partial charge in [0.25, 0.3) is 5.56 Å². The van der Waals surface area contributed by atoms with Crippen molar-refractivity contribution >= 4 is 16.8 Å². The highest BCUT2D eigenvalue weighted by molar-refractivity contribution is 5.77. The number of pyridine rings is 1. The highest BCUT2D eigenvalue weighted by Crippen LogP contribution is 2.05. The van der Waals surface area contributed by atoms with E-state index in [1.807, 2.05) is 6.07 Å². The zero-order chi connectivity index (χ0) is 19.3. The lowest BCUT2D eigenvalue weighted by atomic mass is 10.2. The van der Waals surface area contributed by atoms with Crippen LogP contribution in [0, 0.1) is 0 Å². The van der Waals surface area contributed by atoms with Crippen LogP contribution in [-0.4, -0.2) is 40.6 Å². The van der Waals surface area contributed by atoms with Gasteiger partial charge in [-0.05, 0) is 23.8 Å². The van der Waals surface area contributed by atoms with Gasteiger partial charge in [0.2, 0.25) is 5.91 Å². The fourth-order valence-electron chi connectivity index (χ4n) is 2.65. The van der Waals surface area contributed by atoms with Crippen molar-refractivity contribution in [2.24, 2.45) is 0 Å². The summed E-state index contributed by atoms with van der Waals surface area (Å²) >= 11 is 0. The van der Waals surface area contributed by atoms with E-state index in [0.717, 1.165) is 5.56 Å². The summed E-state index contributed by atoms with van der Waals surface area (Å²) in [5, 5.41) is 15.2. The molecular formula is C18H16N8O2. The Labute approximate surface area is 158 Å². The lowest BCUT2D eigenvalue weighted by Crippen LogP contribution is -2.29. The zero-order valence-corrected chi connectivity index (χ0v) is 14.8. The number of rotatable bonds is 6. The maximum Gasteiger partial charge on any atom is 0.277 e. The lowest BCUT2D eigenvalue weighted by Gasteiger charge is -2.07. The maximum absolute atomic E-state index is 12.4. The van der Waals surface area contributed by atoms with Gasteiger partial charge in [-0.3, -0.25) is 9.59 Å². The molecule has 28 heavy (non-hydrogen) atoms. The van der Waals surface area contributed by atoms with Crippen LogP contribution in [0.3, 0.4) is 0 Å². The summed E-state index contributed by atoms with van der Waals surface area (Å²) in [7, 11) is 0. The van der Waals surface area contributed by atoms with Crippen molar-refractivity contribution in [3.8, 4) is 5.82 Å². The molecule has 0 aliphatic carbocycles. The third kappa shape index (κ3) is 3.75. The molecule has 0 spiro atoms. The first-order chi connectivity index (χ1) is 13.7. The first-order valence-electron chi connectivity index (χ1n) is 8.60. The van der Waals surface area contributed by atoms with E-state index < -0.39 is 0 Å². The fourth-order valence-corrected chi connectivity index (χ4v) is 2.65. The van der Waals surface area contributed by atoms with Crippen LogP contribution in [0.25, 0.3) is 16.7 Å². The predicted octanol–water partition coefficient (Wildman–Crippen LogP) is 0.474. The van der Waals surface area contributed by atoms with Crippen molar-refractivity contribution in [2.45, 2.75) is 19.5 Å². The lowest BCUT2D eigenvalue weighted by molar-refractivity contribution is -0.121. The van der Waals surface area contributed by atoms with Crippen molar-refractivity contribution < 1.29 is 4.79 Å². The minimum Gasteiger partial charge on any atom is -0.352 e. The maximum atomic E-state index is 12.4. The molecule has 140 valence electrons. The fraction of sp³-hybridized carbons (Fsp3) is 0.167. The number of hydrogen-bond donors (Lipinski definition) is 1. The number of benzene rings is 1. The highest BCUT2D eigenvalue weighted by Gasteiger charge is 2.08. The quantitative estimate of drug-likeness (QED) is 0.519. The highest BCUT2D eigenvalue weighted by atomic mass is 16.2. The number of carbonyl (C=O) groups is 1. The smallest absolute Gasteiger partial charge is 0.277 e. The number of nitrogens with zero attached hydrogens (tertiary/aromatic N) is 7. The Morgan fingerprint density at radius 2 is 2.04 bits per heavy atom. The Bertz CT molecular complexity index is 1150. The van der Waals surface area contributed by atoms with Gasteiger partial charge in [0.15, 0.2) is 5.82 Å². The monoisotopic (exact) mass is 376 g/mol. The van der Waals surface area contributed by atoms with E-state index in [-0.39, 0.29) is 24.4 Å². The van der Waals surface area contributed by atoms with Gasteiger partial charge in [-0.15, -0.1) is 5.10 Å². The summed E-state index contributed by atoms with van der Waals surface area (Å²) in [6.45, 7) is 0.494. The van der Waals surface area contributed by atoms with E-state index >= 15 is 0 Å². The first kappa shape index (κ1) is 17.5. The Balaban J connectivity index is 1.33. The molecule has 0 unspecified atom stereocenters. The van der Waals surface area contributed by atoms with Gasteiger partial charge in [0, 0.05) is 19.2 Å². The molecule has 0 aliphatic heterocycles. The van der Waals surface area contributed by atoms with Gasteiger partial charge in [0.1, 0.15) is 18.2 Å². The Morgan fingerprint density at radius 3 is 2.82 bits per heavy atom. The summed E-state index contributed by atoms with van der Waals surface area (Å²) in [6.07, 6.45) is 4.77. The van der Waals surface area contributed by atoms with Crippen LogP contribution in [-0.2, 0) is 17.9 Å². The minimum atomic E-state index is -0.258. The number of aryl methyl sites for hydroxylation is 1. The van der Waals surface area contributed by atoms with Gasteiger partial charge in [0.05, 0.1) is 11.9 Å². The molecule has 0 atom stereocenters. The summed E-state index contributed by atoms with van der Waals surface area (Å²) < 4.78 is 2.75. The van der Waals surface area contributed by atoms with E-state index in [1.165, 1.54) is 11.0 Å². The molecule has 1 amide bonds. The van der Waals surface area contributed by atoms with Gasteiger partial charge in [-0.25, -0.2) is 19.3 Å². The van der Waals surface area contributed by atoms with Crippen LogP contribution < -0.4 is 10.9 Å². The van der Waals surface area contributed by atoms with Crippen LogP contribution in [0.15, 0.2) is 60.0 Å². The molecule has 0 fully saturated rings. The van der Waals surface area contributed by atoms with Crippen LogP contribution in [0.4, 0.5) is 0 Å². The van der Waals surface area contributed by atoms with E-state index in [0.29, 0.717) is 23.3 Å². The third-order valence-corrected chi connectivity index (χ3v) is 4.13. The van der Waals surface area contributed by atoms with Crippen molar-refractivity contribution in [3.63, 3.8) is 0 Å². The molecule has 4 aromatic rings. The summed E-state index contributed by atoms with van der Waals surface area (Å²) in [5.74, 6) is 0.448.